The van der Waals surface area contributed by atoms with Gasteiger partial charge in [-0.15, -0.1) is 0 Å². The number of halogens is 1. The molecule has 0 aliphatic carbocycles. The third-order valence-corrected chi connectivity index (χ3v) is 7.06. The van der Waals surface area contributed by atoms with Gasteiger partial charge in [0.15, 0.2) is 9.84 Å². The third-order valence-electron chi connectivity index (χ3n) is 5.07. The summed E-state index contributed by atoms with van der Waals surface area (Å²) in [5, 5.41) is 6.47. The number of carbonyl (C=O) groups is 1. The number of nitrogens with zero attached hydrogens (tertiary/aromatic N) is 1. The van der Waals surface area contributed by atoms with Gasteiger partial charge in [0.1, 0.15) is 0 Å². The number of piperidine rings is 1. The Morgan fingerprint density at radius 1 is 1.14 bits per heavy atom. The van der Waals surface area contributed by atoms with Crippen LogP contribution in [0.3, 0.4) is 0 Å². The molecule has 0 spiro atoms. The van der Waals surface area contributed by atoms with Gasteiger partial charge < -0.3 is 10.6 Å². The lowest BCUT2D eigenvalue weighted by Gasteiger charge is -2.32. The van der Waals surface area contributed by atoms with Gasteiger partial charge in [0.2, 0.25) is 0 Å². The van der Waals surface area contributed by atoms with Crippen molar-refractivity contribution >= 4 is 33.2 Å². The summed E-state index contributed by atoms with van der Waals surface area (Å²) < 4.78 is 24.0. The van der Waals surface area contributed by atoms with Crippen LogP contribution in [0, 0.1) is 0 Å². The third kappa shape index (κ3) is 6.19. The number of benzene rings is 2. The molecule has 8 heteroatoms. The maximum absolute atomic E-state index is 12.3. The molecule has 2 aromatic carbocycles. The van der Waals surface area contributed by atoms with Crippen LogP contribution in [0.1, 0.15) is 25.3 Å². The van der Waals surface area contributed by atoms with Gasteiger partial charge in [-0.1, -0.05) is 36.7 Å². The Morgan fingerprint density at radius 2 is 1.83 bits per heavy atom. The van der Waals surface area contributed by atoms with Gasteiger partial charge in [-0.25, -0.2) is 13.2 Å². The zero-order valence-corrected chi connectivity index (χ0v) is 18.0. The minimum Gasteiger partial charge on any atom is -0.335 e. The number of nitrogens with one attached hydrogen (secondary N) is 2. The fourth-order valence-electron chi connectivity index (χ4n) is 3.37. The van der Waals surface area contributed by atoms with Crippen molar-refractivity contribution in [1.82, 2.24) is 10.2 Å². The normalized spacial score (nSPS) is 15.8. The molecule has 6 nitrogen and oxygen atoms in total. The van der Waals surface area contributed by atoms with Crippen LogP contribution < -0.4 is 10.6 Å². The molecular formula is C21H26ClN3O3S. The zero-order valence-electron chi connectivity index (χ0n) is 16.4. The van der Waals surface area contributed by atoms with E-state index >= 15 is 0 Å². The molecule has 0 bridgehead atoms. The maximum Gasteiger partial charge on any atom is 0.319 e. The van der Waals surface area contributed by atoms with E-state index in [1.54, 1.807) is 25.1 Å². The standard InChI is InChI=1S/C21H26ClN3O3S/c1-2-29(27,28)20-5-3-4-19(14-20)24-21(26)23-18-10-12-25(13-11-18)15-16-6-8-17(22)9-7-16/h3-9,14,18H,2,10-13,15H2,1H3,(H2,23,24,26). The molecule has 0 saturated carbocycles. The summed E-state index contributed by atoms with van der Waals surface area (Å²) in [6, 6.07) is 14.0. The van der Waals surface area contributed by atoms with Gasteiger partial charge in [0.05, 0.1) is 10.6 Å². The SMILES string of the molecule is CCS(=O)(=O)c1cccc(NC(=O)NC2CCN(Cc3ccc(Cl)cc3)CC2)c1. The number of anilines is 1. The predicted molar refractivity (Wildman–Crippen MR) is 116 cm³/mol. The number of amides is 2. The Bertz CT molecular complexity index is 940. The second-order valence-electron chi connectivity index (χ2n) is 7.21. The first kappa shape index (κ1) is 21.6. The topological polar surface area (TPSA) is 78.5 Å². The molecule has 2 N–H and O–H groups in total. The predicted octanol–water partition coefficient (Wildman–Crippen LogP) is 3.92. The van der Waals surface area contributed by atoms with Crippen LogP contribution in [0.2, 0.25) is 5.02 Å². The van der Waals surface area contributed by atoms with Gasteiger partial charge in [0.25, 0.3) is 0 Å². The van der Waals surface area contributed by atoms with Crippen LogP contribution in [0.25, 0.3) is 0 Å². The summed E-state index contributed by atoms with van der Waals surface area (Å²) in [6.45, 7) is 4.27. The number of hydrogen-bond donors (Lipinski definition) is 2. The van der Waals surface area contributed by atoms with Crippen LogP contribution in [0.15, 0.2) is 53.4 Å². The van der Waals surface area contributed by atoms with Crippen LogP contribution in [0.5, 0.6) is 0 Å². The van der Waals surface area contributed by atoms with E-state index in [1.165, 1.54) is 11.6 Å². The molecule has 0 unspecified atom stereocenters. The Hall–Kier alpha value is -2.09. The van der Waals surface area contributed by atoms with E-state index in [0.29, 0.717) is 5.69 Å². The van der Waals surface area contributed by atoms with Crippen molar-refractivity contribution < 1.29 is 13.2 Å². The van der Waals surface area contributed by atoms with E-state index in [-0.39, 0.29) is 22.7 Å². The van der Waals surface area contributed by atoms with Crippen molar-refractivity contribution in [2.24, 2.45) is 0 Å². The number of sulfone groups is 1. The minimum absolute atomic E-state index is 0.0250. The smallest absolute Gasteiger partial charge is 0.319 e. The van der Waals surface area contributed by atoms with Crippen LogP contribution in [0.4, 0.5) is 10.5 Å². The molecule has 3 rings (SSSR count). The van der Waals surface area contributed by atoms with Gasteiger partial charge in [-0.3, -0.25) is 4.90 Å². The molecule has 29 heavy (non-hydrogen) atoms. The highest BCUT2D eigenvalue weighted by atomic mass is 35.5. The molecule has 1 fully saturated rings. The fourth-order valence-corrected chi connectivity index (χ4v) is 4.42. The fraction of sp³-hybridized carbons (Fsp3) is 0.381. The van der Waals surface area contributed by atoms with Crippen molar-refractivity contribution in [1.29, 1.82) is 0 Å². The van der Waals surface area contributed by atoms with Gasteiger partial charge in [-0.05, 0) is 48.7 Å². The van der Waals surface area contributed by atoms with E-state index in [9.17, 15) is 13.2 Å². The molecule has 156 valence electrons. The lowest BCUT2D eigenvalue weighted by Crippen LogP contribution is -2.45. The summed E-state index contributed by atoms with van der Waals surface area (Å²) in [7, 11) is -3.30. The molecular weight excluding hydrogens is 410 g/mol. The largest absolute Gasteiger partial charge is 0.335 e. The second-order valence-corrected chi connectivity index (χ2v) is 9.92. The van der Waals surface area contributed by atoms with Gasteiger partial charge >= 0.3 is 6.03 Å². The van der Waals surface area contributed by atoms with E-state index in [4.69, 9.17) is 11.6 Å². The molecule has 1 aliphatic heterocycles. The van der Waals surface area contributed by atoms with E-state index in [1.807, 2.05) is 24.3 Å². The second kappa shape index (κ2) is 9.61. The quantitative estimate of drug-likeness (QED) is 0.720. The summed E-state index contributed by atoms with van der Waals surface area (Å²) in [4.78, 5) is 14.9. The highest BCUT2D eigenvalue weighted by Crippen LogP contribution is 2.18. The van der Waals surface area contributed by atoms with Crippen molar-refractivity contribution in [2.75, 3.05) is 24.2 Å². The van der Waals surface area contributed by atoms with Gasteiger partial charge in [-0.2, -0.15) is 0 Å². The molecule has 0 aromatic heterocycles. The molecule has 1 heterocycles. The molecule has 2 amide bonds. The zero-order chi connectivity index (χ0) is 20.9. The molecule has 0 radical (unpaired) electrons. The van der Waals surface area contributed by atoms with Crippen LogP contribution >= 0.6 is 11.6 Å². The summed E-state index contributed by atoms with van der Waals surface area (Å²) in [5.74, 6) is 0.0250. The van der Waals surface area contributed by atoms with Crippen molar-refractivity contribution in [3.63, 3.8) is 0 Å². The van der Waals surface area contributed by atoms with Crippen molar-refractivity contribution in [3.05, 3.63) is 59.1 Å². The summed E-state index contributed by atoms with van der Waals surface area (Å²) in [6.07, 6.45) is 1.73. The lowest BCUT2D eigenvalue weighted by molar-refractivity contribution is 0.190. The monoisotopic (exact) mass is 435 g/mol. The van der Waals surface area contributed by atoms with E-state index < -0.39 is 9.84 Å². The molecule has 2 aromatic rings. The lowest BCUT2D eigenvalue weighted by atomic mass is 10.0. The van der Waals surface area contributed by atoms with Gasteiger partial charge in [0, 0.05) is 36.4 Å². The number of urea groups is 1. The molecule has 0 atom stereocenters. The Labute approximate surface area is 177 Å². The Morgan fingerprint density at radius 3 is 2.48 bits per heavy atom. The highest BCUT2D eigenvalue weighted by Gasteiger charge is 2.21. The highest BCUT2D eigenvalue weighted by molar-refractivity contribution is 7.91. The molecule has 1 aliphatic rings. The average Bonchev–Trinajstić information content (AvgIpc) is 2.71. The van der Waals surface area contributed by atoms with Crippen LogP contribution in [-0.4, -0.2) is 44.2 Å². The molecule has 1 saturated heterocycles. The Balaban J connectivity index is 1.47. The first-order valence-corrected chi connectivity index (χ1v) is 11.8. The maximum atomic E-state index is 12.3. The minimum atomic E-state index is -3.30. The average molecular weight is 436 g/mol. The van der Waals surface area contributed by atoms with E-state index in [0.717, 1.165) is 37.5 Å². The number of rotatable bonds is 6. The van der Waals surface area contributed by atoms with Crippen LogP contribution in [-0.2, 0) is 16.4 Å². The van der Waals surface area contributed by atoms with E-state index in [2.05, 4.69) is 15.5 Å². The first-order chi connectivity index (χ1) is 13.9. The summed E-state index contributed by atoms with van der Waals surface area (Å²) in [5.41, 5.74) is 1.69. The first-order valence-electron chi connectivity index (χ1n) is 9.73. The number of carbonyl (C=O) groups excluding carboxylic acids is 1. The summed E-state index contributed by atoms with van der Waals surface area (Å²) >= 11 is 5.93. The van der Waals surface area contributed by atoms with Crippen molar-refractivity contribution in [2.45, 2.75) is 37.2 Å². The number of likely N-dealkylation sites (tertiary alicyclic amines) is 1. The van der Waals surface area contributed by atoms with Crippen molar-refractivity contribution in [3.8, 4) is 0 Å². The number of hydrogen-bond acceptors (Lipinski definition) is 4. The Kier molecular flexibility index (Phi) is 7.16.